The molecule has 13 heavy (non-hydrogen) atoms. The highest BCUT2D eigenvalue weighted by Gasteiger charge is 2.17. The summed E-state index contributed by atoms with van der Waals surface area (Å²) in [7, 11) is 1.29. The third-order valence-corrected chi connectivity index (χ3v) is 2.42. The average molecular weight is 196 g/mol. The standard InChI is InChI=1S/C8H8N2O2S/c1-12-8(11)6-5(2-3-9)4-13-7(6)10/h4H,2,10H2,1H3. The number of carbonyl (C=O) groups excluding carboxylic acids is 1. The van der Waals surface area contributed by atoms with Crippen LogP contribution in [0.25, 0.3) is 0 Å². The zero-order chi connectivity index (χ0) is 9.84. The molecule has 4 nitrogen and oxygen atoms in total. The smallest absolute Gasteiger partial charge is 0.341 e. The number of anilines is 1. The molecule has 0 saturated heterocycles. The van der Waals surface area contributed by atoms with Gasteiger partial charge < -0.3 is 10.5 Å². The number of nitrogens with two attached hydrogens (primary N) is 1. The summed E-state index contributed by atoms with van der Waals surface area (Å²) >= 11 is 1.24. The molecule has 1 aromatic rings. The highest BCUT2D eigenvalue weighted by Crippen LogP contribution is 2.25. The molecule has 0 atom stereocenters. The fraction of sp³-hybridized carbons (Fsp3) is 0.250. The third kappa shape index (κ3) is 1.79. The number of hydrogen-bond acceptors (Lipinski definition) is 5. The summed E-state index contributed by atoms with van der Waals surface area (Å²) in [6.45, 7) is 0. The first-order valence-electron chi connectivity index (χ1n) is 3.51. The molecule has 2 N–H and O–H groups in total. The first-order chi connectivity index (χ1) is 6.20. The largest absolute Gasteiger partial charge is 0.465 e. The molecule has 1 heterocycles. The molecule has 0 radical (unpaired) electrons. The van der Waals surface area contributed by atoms with E-state index >= 15 is 0 Å². The number of nitrogens with zero attached hydrogens (tertiary/aromatic N) is 1. The molecule has 0 aliphatic heterocycles. The van der Waals surface area contributed by atoms with E-state index in [4.69, 9.17) is 11.0 Å². The lowest BCUT2D eigenvalue weighted by molar-refractivity contribution is 0.0601. The lowest BCUT2D eigenvalue weighted by Crippen LogP contribution is -2.05. The van der Waals surface area contributed by atoms with Gasteiger partial charge in [-0.15, -0.1) is 11.3 Å². The zero-order valence-electron chi connectivity index (χ0n) is 7.03. The van der Waals surface area contributed by atoms with Gasteiger partial charge in [0.15, 0.2) is 0 Å². The van der Waals surface area contributed by atoms with Crippen molar-refractivity contribution in [3.8, 4) is 6.07 Å². The maximum absolute atomic E-state index is 11.2. The number of esters is 1. The van der Waals surface area contributed by atoms with Crippen LogP contribution >= 0.6 is 11.3 Å². The molecule has 1 aromatic heterocycles. The number of thiophene rings is 1. The molecular formula is C8H8N2O2S. The Hall–Kier alpha value is -1.54. The lowest BCUT2D eigenvalue weighted by Gasteiger charge is -1.99. The SMILES string of the molecule is COC(=O)c1c(CC#N)csc1N. The Bertz CT molecular complexity index is 365. The fourth-order valence-electron chi connectivity index (χ4n) is 0.960. The molecule has 0 aromatic carbocycles. The van der Waals surface area contributed by atoms with Gasteiger partial charge in [0.05, 0.1) is 25.2 Å². The minimum absolute atomic E-state index is 0.179. The van der Waals surface area contributed by atoms with Crippen LogP contribution in [0.3, 0.4) is 0 Å². The summed E-state index contributed by atoms with van der Waals surface area (Å²) in [5, 5.41) is 10.6. The quantitative estimate of drug-likeness (QED) is 0.720. The van der Waals surface area contributed by atoms with Gasteiger partial charge in [0.25, 0.3) is 0 Å². The van der Waals surface area contributed by atoms with Crippen molar-refractivity contribution in [2.75, 3.05) is 12.8 Å². The molecule has 0 aliphatic carbocycles. The van der Waals surface area contributed by atoms with Gasteiger partial charge in [0.1, 0.15) is 5.00 Å². The van der Waals surface area contributed by atoms with Crippen molar-refractivity contribution in [2.24, 2.45) is 0 Å². The van der Waals surface area contributed by atoms with E-state index in [9.17, 15) is 4.79 Å². The van der Waals surface area contributed by atoms with E-state index in [1.54, 1.807) is 5.38 Å². The zero-order valence-corrected chi connectivity index (χ0v) is 7.85. The number of ether oxygens (including phenoxy) is 1. The van der Waals surface area contributed by atoms with E-state index in [2.05, 4.69) is 4.74 Å². The molecule has 0 saturated carbocycles. The van der Waals surface area contributed by atoms with Gasteiger partial charge in [-0.05, 0) is 10.9 Å². The second kappa shape index (κ2) is 3.92. The van der Waals surface area contributed by atoms with E-state index in [-0.39, 0.29) is 6.42 Å². The van der Waals surface area contributed by atoms with Crippen molar-refractivity contribution in [3.63, 3.8) is 0 Å². The Balaban J connectivity index is 3.09. The predicted molar refractivity (Wildman–Crippen MR) is 49.4 cm³/mol. The van der Waals surface area contributed by atoms with Gasteiger partial charge in [-0.3, -0.25) is 0 Å². The Morgan fingerprint density at radius 3 is 3.08 bits per heavy atom. The van der Waals surface area contributed by atoms with Crippen LogP contribution in [0.2, 0.25) is 0 Å². The molecule has 0 amide bonds. The Morgan fingerprint density at radius 2 is 2.54 bits per heavy atom. The van der Waals surface area contributed by atoms with Crippen LogP contribution in [0.5, 0.6) is 0 Å². The van der Waals surface area contributed by atoms with Crippen molar-refractivity contribution in [2.45, 2.75) is 6.42 Å². The molecule has 0 fully saturated rings. The molecule has 0 aliphatic rings. The molecule has 0 spiro atoms. The number of carbonyl (C=O) groups is 1. The van der Waals surface area contributed by atoms with Crippen molar-refractivity contribution in [3.05, 3.63) is 16.5 Å². The van der Waals surface area contributed by atoms with E-state index in [0.717, 1.165) is 0 Å². The van der Waals surface area contributed by atoms with Crippen LogP contribution in [0.15, 0.2) is 5.38 Å². The molecular weight excluding hydrogens is 188 g/mol. The van der Waals surface area contributed by atoms with Crippen molar-refractivity contribution in [1.29, 1.82) is 5.26 Å². The number of methoxy groups -OCH3 is 1. The molecule has 5 heteroatoms. The maximum atomic E-state index is 11.2. The van der Waals surface area contributed by atoms with Gasteiger partial charge in [0.2, 0.25) is 0 Å². The van der Waals surface area contributed by atoms with Crippen LogP contribution in [-0.2, 0) is 11.2 Å². The summed E-state index contributed by atoms with van der Waals surface area (Å²) < 4.78 is 4.54. The van der Waals surface area contributed by atoms with E-state index < -0.39 is 5.97 Å². The topological polar surface area (TPSA) is 76.1 Å². The maximum Gasteiger partial charge on any atom is 0.341 e. The molecule has 1 rings (SSSR count). The van der Waals surface area contributed by atoms with Crippen LogP contribution < -0.4 is 5.73 Å². The predicted octanol–water partition coefficient (Wildman–Crippen LogP) is 1.18. The highest BCUT2D eigenvalue weighted by molar-refractivity contribution is 7.14. The third-order valence-electron chi connectivity index (χ3n) is 1.55. The fourth-order valence-corrected chi connectivity index (χ4v) is 1.76. The molecule has 68 valence electrons. The summed E-state index contributed by atoms with van der Waals surface area (Å²) in [4.78, 5) is 11.2. The van der Waals surface area contributed by atoms with Crippen molar-refractivity contribution in [1.82, 2.24) is 0 Å². The minimum atomic E-state index is -0.482. The van der Waals surface area contributed by atoms with Crippen LogP contribution in [0.4, 0.5) is 5.00 Å². The van der Waals surface area contributed by atoms with Gasteiger partial charge in [-0.1, -0.05) is 0 Å². The van der Waals surface area contributed by atoms with Crippen LogP contribution in [0, 0.1) is 11.3 Å². The lowest BCUT2D eigenvalue weighted by atomic mass is 10.1. The van der Waals surface area contributed by atoms with E-state index in [1.165, 1.54) is 18.4 Å². The van der Waals surface area contributed by atoms with Crippen LogP contribution in [0.1, 0.15) is 15.9 Å². The average Bonchev–Trinajstić information content (AvgIpc) is 2.47. The van der Waals surface area contributed by atoms with Gasteiger partial charge in [0, 0.05) is 0 Å². The highest BCUT2D eigenvalue weighted by atomic mass is 32.1. The summed E-state index contributed by atoms with van der Waals surface area (Å²) in [5.74, 6) is -0.482. The number of hydrogen-bond donors (Lipinski definition) is 1. The second-order valence-electron chi connectivity index (χ2n) is 2.33. The first kappa shape index (κ1) is 9.55. The number of nitrogen functional groups attached to an aromatic ring is 1. The monoisotopic (exact) mass is 196 g/mol. The Morgan fingerprint density at radius 1 is 1.85 bits per heavy atom. The Labute approximate surface area is 79.5 Å². The molecule has 0 unspecified atom stereocenters. The van der Waals surface area contributed by atoms with Crippen molar-refractivity contribution < 1.29 is 9.53 Å². The normalized spacial score (nSPS) is 9.23. The van der Waals surface area contributed by atoms with Gasteiger partial charge >= 0.3 is 5.97 Å². The van der Waals surface area contributed by atoms with Crippen LogP contribution in [-0.4, -0.2) is 13.1 Å². The van der Waals surface area contributed by atoms with Gasteiger partial charge in [-0.25, -0.2) is 4.79 Å². The van der Waals surface area contributed by atoms with E-state index in [0.29, 0.717) is 16.1 Å². The summed E-state index contributed by atoms with van der Waals surface area (Å²) in [6, 6.07) is 1.96. The summed E-state index contributed by atoms with van der Waals surface area (Å²) in [6.07, 6.45) is 0.179. The molecule has 0 bridgehead atoms. The first-order valence-corrected chi connectivity index (χ1v) is 4.39. The number of nitriles is 1. The van der Waals surface area contributed by atoms with Gasteiger partial charge in [-0.2, -0.15) is 5.26 Å². The van der Waals surface area contributed by atoms with Crippen molar-refractivity contribution >= 4 is 22.3 Å². The van der Waals surface area contributed by atoms with E-state index in [1.807, 2.05) is 6.07 Å². The second-order valence-corrected chi connectivity index (χ2v) is 3.24. The minimum Gasteiger partial charge on any atom is -0.465 e. The Kier molecular flexibility index (Phi) is 2.88. The summed E-state index contributed by atoms with van der Waals surface area (Å²) in [5.41, 5.74) is 6.52. The number of rotatable bonds is 2.